The van der Waals surface area contributed by atoms with Crippen molar-refractivity contribution in [2.45, 2.75) is 0 Å². The highest BCUT2D eigenvalue weighted by Crippen LogP contribution is 2.53. The van der Waals surface area contributed by atoms with Gasteiger partial charge in [-0.05, 0) is 48.5 Å². The molecule has 2 aromatic carbocycles. The fourth-order valence-corrected chi connectivity index (χ4v) is 6.47. The van der Waals surface area contributed by atoms with E-state index >= 15 is 0 Å². The van der Waals surface area contributed by atoms with Crippen LogP contribution >= 0.6 is 35.4 Å². The highest BCUT2D eigenvalue weighted by molar-refractivity contribution is 8.64. The number of methoxy groups -OCH3 is 2. The Bertz CT molecular complexity index is 743. The number of rotatable bonds is 9. The number of benzene rings is 2. The molecule has 2 rings (SSSR count). The van der Waals surface area contributed by atoms with Crippen LogP contribution in [-0.4, -0.2) is 27.4 Å². The van der Waals surface area contributed by atoms with Crippen molar-refractivity contribution in [2.75, 3.05) is 27.4 Å². The summed E-state index contributed by atoms with van der Waals surface area (Å²) in [6.07, 6.45) is 0. The molecule has 0 spiro atoms. The molecule has 2 unspecified atom stereocenters. The highest BCUT2D eigenvalue weighted by Gasteiger charge is 2.18. The van der Waals surface area contributed by atoms with Gasteiger partial charge in [0, 0.05) is 10.6 Å². The zero-order valence-electron chi connectivity index (χ0n) is 14.3. The number of ether oxygens (including phenoxy) is 2. The maximum absolute atomic E-state index is 5.80. The maximum Gasteiger partial charge on any atom is 0.145 e. The molecule has 26 heavy (non-hydrogen) atoms. The van der Waals surface area contributed by atoms with Crippen molar-refractivity contribution in [3.63, 3.8) is 0 Å². The van der Waals surface area contributed by atoms with Crippen LogP contribution in [0.2, 0.25) is 0 Å². The van der Waals surface area contributed by atoms with Gasteiger partial charge in [0.1, 0.15) is 22.4 Å². The first kappa shape index (κ1) is 22.3. The third kappa shape index (κ3) is 6.25. The fourth-order valence-electron chi connectivity index (χ4n) is 2.01. The van der Waals surface area contributed by atoms with Crippen LogP contribution in [0.3, 0.4) is 0 Å². The molecule has 0 heterocycles. The largest absolute Gasteiger partial charge is 0.497 e. The van der Waals surface area contributed by atoms with Crippen molar-refractivity contribution in [2.24, 2.45) is 0 Å². The van der Waals surface area contributed by atoms with Crippen LogP contribution in [0.4, 0.5) is 0 Å². The lowest BCUT2D eigenvalue weighted by molar-refractivity contribution is 0.255. The lowest BCUT2D eigenvalue weighted by atomic mass is 10.3. The van der Waals surface area contributed by atoms with Crippen molar-refractivity contribution < 1.29 is 18.5 Å². The second-order valence-electron chi connectivity index (χ2n) is 5.10. The first-order valence-electron chi connectivity index (χ1n) is 7.52. The van der Waals surface area contributed by atoms with Crippen molar-refractivity contribution in [1.82, 2.24) is 0 Å². The number of hydrogen-bond acceptors (Lipinski definition) is 6. The smallest absolute Gasteiger partial charge is 0.145 e. The van der Waals surface area contributed by atoms with Gasteiger partial charge in [0.05, 0.1) is 27.4 Å². The molecule has 0 fully saturated rings. The predicted molar refractivity (Wildman–Crippen MR) is 124 cm³/mol. The van der Waals surface area contributed by atoms with E-state index in [0.29, 0.717) is 13.2 Å². The molecule has 0 aliphatic rings. The van der Waals surface area contributed by atoms with E-state index in [1.54, 1.807) is 14.2 Å². The van der Waals surface area contributed by atoms with Crippen LogP contribution in [0, 0.1) is 0 Å². The van der Waals surface area contributed by atoms with Crippen LogP contribution in [-0.2, 0) is 32.7 Å². The van der Waals surface area contributed by atoms with Crippen molar-refractivity contribution >= 4 is 69.7 Å². The Kier molecular flexibility index (Phi) is 8.51. The fraction of sp³-hybridized carbons (Fsp3) is 0.250. The predicted octanol–water partition coefficient (Wildman–Crippen LogP) is 4.17. The molecule has 0 amide bonds. The molecule has 4 nitrogen and oxygen atoms in total. The zero-order chi connectivity index (χ0) is 19.2. The summed E-state index contributed by atoms with van der Waals surface area (Å²) in [5.74, 6) is 1.52. The van der Waals surface area contributed by atoms with Crippen LogP contribution in [0.1, 0.15) is 0 Å². The van der Waals surface area contributed by atoms with Crippen LogP contribution in [0.25, 0.3) is 0 Å². The Morgan fingerprint density at radius 3 is 1.27 bits per heavy atom. The molecule has 0 aliphatic carbocycles. The standard InChI is InChI=1S/C16H20O4P2S4/c1-17-13-3-7-15(8-4-13)21(23,24)19-11-12-20-22(25,26)16-9-5-14(18-2)6-10-16/h3-10H,11-12H2,1-2H3,(H,23,24)(H,25,26). The van der Waals surface area contributed by atoms with Crippen LogP contribution in [0.15, 0.2) is 48.5 Å². The summed E-state index contributed by atoms with van der Waals surface area (Å²) in [5, 5.41) is 1.72. The van der Waals surface area contributed by atoms with E-state index in [4.69, 9.17) is 42.1 Å². The lowest BCUT2D eigenvalue weighted by Crippen LogP contribution is -2.09. The summed E-state index contributed by atoms with van der Waals surface area (Å²) in [4.78, 5) is 0. The zero-order valence-corrected chi connectivity index (χ0v) is 19.5. The molecule has 10 heteroatoms. The summed E-state index contributed by atoms with van der Waals surface area (Å²) in [7, 11) is 3.23. The summed E-state index contributed by atoms with van der Waals surface area (Å²) in [5.41, 5.74) is -4.82. The number of thiol groups is 2. The molecule has 0 saturated carbocycles. The minimum Gasteiger partial charge on any atom is -0.497 e. The van der Waals surface area contributed by atoms with Gasteiger partial charge in [-0.15, -0.1) is 24.5 Å². The molecule has 2 aromatic rings. The van der Waals surface area contributed by atoms with E-state index in [9.17, 15) is 0 Å². The average Bonchev–Trinajstić information content (AvgIpc) is 2.65. The molecule has 142 valence electrons. The third-order valence-electron chi connectivity index (χ3n) is 3.41. The van der Waals surface area contributed by atoms with Gasteiger partial charge in [0.25, 0.3) is 0 Å². The normalized spacial score (nSPS) is 15.7. The van der Waals surface area contributed by atoms with E-state index in [1.165, 1.54) is 0 Å². The molecule has 2 atom stereocenters. The Balaban J connectivity index is 1.89. The lowest BCUT2D eigenvalue weighted by Gasteiger charge is -2.20. The first-order valence-corrected chi connectivity index (χ1v) is 15.3. The number of hydrogen-bond donors (Lipinski definition) is 2. The van der Waals surface area contributed by atoms with E-state index in [0.717, 1.165) is 22.1 Å². The second-order valence-corrected chi connectivity index (χ2v) is 16.8. The topological polar surface area (TPSA) is 36.9 Å². The van der Waals surface area contributed by atoms with Gasteiger partial charge in [-0.25, -0.2) is 0 Å². The minimum atomic E-state index is -2.41. The van der Waals surface area contributed by atoms with Crippen LogP contribution in [0.5, 0.6) is 11.5 Å². The Morgan fingerprint density at radius 1 is 0.692 bits per heavy atom. The monoisotopic (exact) mass is 466 g/mol. The van der Waals surface area contributed by atoms with Gasteiger partial charge in [-0.2, -0.15) is 0 Å². The molecule has 0 radical (unpaired) electrons. The molecular formula is C16H20O4P2S4. The van der Waals surface area contributed by atoms with Crippen molar-refractivity contribution in [3.05, 3.63) is 48.5 Å². The Hall–Kier alpha value is -0.0400. The van der Waals surface area contributed by atoms with Gasteiger partial charge < -0.3 is 18.5 Å². The van der Waals surface area contributed by atoms with E-state index in [1.807, 2.05) is 48.5 Å². The quantitative estimate of drug-likeness (QED) is 0.328. The molecule has 0 aliphatic heterocycles. The SMILES string of the molecule is COc1ccc(P(=S)(S)OCCOP(=S)(S)c2ccc(OC)cc2)cc1. The van der Waals surface area contributed by atoms with E-state index in [-0.39, 0.29) is 0 Å². The summed E-state index contributed by atoms with van der Waals surface area (Å²) in [6, 6.07) is 14.8. The van der Waals surface area contributed by atoms with Crippen molar-refractivity contribution in [1.29, 1.82) is 0 Å². The van der Waals surface area contributed by atoms with Crippen LogP contribution < -0.4 is 20.1 Å². The van der Waals surface area contributed by atoms with E-state index in [2.05, 4.69) is 24.5 Å². The average molecular weight is 467 g/mol. The minimum absolute atomic E-state index is 0.294. The van der Waals surface area contributed by atoms with Gasteiger partial charge in [0.2, 0.25) is 0 Å². The second kappa shape index (κ2) is 9.94. The first-order chi connectivity index (χ1) is 12.3. The van der Waals surface area contributed by atoms with Crippen molar-refractivity contribution in [3.8, 4) is 11.5 Å². The van der Waals surface area contributed by atoms with Gasteiger partial charge in [-0.3, -0.25) is 0 Å². The van der Waals surface area contributed by atoms with Gasteiger partial charge in [0.15, 0.2) is 0 Å². The maximum atomic E-state index is 5.80. The van der Waals surface area contributed by atoms with Gasteiger partial charge >= 0.3 is 0 Å². The van der Waals surface area contributed by atoms with Gasteiger partial charge in [-0.1, -0.05) is 23.6 Å². The summed E-state index contributed by atoms with van der Waals surface area (Å²) < 4.78 is 21.9. The molecular weight excluding hydrogens is 446 g/mol. The highest BCUT2D eigenvalue weighted by atomic mass is 32.9. The molecule has 0 bridgehead atoms. The molecule has 0 saturated heterocycles. The van der Waals surface area contributed by atoms with E-state index < -0.39 is 10.9 Å². The summed E-state index contributed by atoms with van der Waals surface area (Å²) in [6.45, 7) is 0.587. The Morgan fingerprint density at radius 2 is 1.00 bits per heavy atom. The molecule has 0 N–H and O–H groups in total. The Labute approximate surface area is 175 Å². The third-order valence-corrected chi connectivity index (χ3v) is 10.4. The summed E-state index contributed by atoms with van der Waals surface area (Å²) >= 11 is 20.1. The molecule has 0 aromatic heterocycles.